The molecule has 0 spiro atoms. The summed E-state index contributed by atoms with van der Waals surface area (Å²) in [4.78, 5) is 26.9. The molecule has 2 atom stereocenters. The van der Waals surface area contributed by atoms with Crippen LogP contribution in [0, 0.1) is 18.6 Å². The summed E-state index contributed by atoms with van der Waals surface area (Å²) < 4.78 is 27.9. The molecule has 2 rings (SSSR count). The molecule has 1 aromatic rings. The molecule has 21 heavy (non-hydrogen) atoms. The first-order chi connectivity index (χ1) is 9.75. The first-order valence-corrected chi connectivity index (χ1v) is 6.76. The topological polar surface area (TPSA) is 40.6 Å². The van der Waals surface area contributed by atoms with E-state index in [-0.39, 0.29) is 23.9 Å². The Morgan fingerprint density at radius 2 is 1.71 bits per heavy atom. The summed E-state index contributed by atoms with van der Waals surface area (Å²) in [7, 11) is 1.55. The third-order valence-electron chi connectivity index (χ3n) is 4.10. The molecular weight excluding hydrogens is 278 g/mol. The van der Waals surface area contributed by atoms with Crippen LogP contribution in [-0.4, -0.2) is 40.7 Å². The van der Waals surface area contributed by atoms with Crippen LogP contribution in [0.2, 0.25) is 0 Å². The second-order valence-electron chi connectivity index (χ2n) is 5.42. The molecule has 1 aliphatic heterocycles. The van der Waals surface area contributed by atoms with E-state index in [0.717, 1.165) is 0 Å². The van der Waals surface area contributed by atoms with Gasteiger partial charge >= 0.3 is 0 Å². The van der Waals surface area contributed by atoms with Crippen molar-refractivity contribution in [1.29, 1.82) is 0 Å². The van der Waals surface area contributed by atoms with Crippen LogP contribution in [0.15, 0.2) is 12.1 Å². The second kappa shape index (κ2) is 5.42. The highest BCUT2D eigenvalue weighted by atomic mass is 19.1. The van der Waals surface area contributed by atoms with E-state index in [9.17, 15) is 18.4 Å². The number of nitrogens with zero attached hydrogens (tertiary/aromatic N) is 2. The van der Waals surface area contributed by atoms with Gasteiger partial charge in [0.1, 0.15) is 23.7 Å². The molecule has 0 aromatic heterocycles. The highest BCUT2D eigenvalue weighted by Gasteiger charge is 2.40. The van der Waals surface area contributed by atoms with Crippen LogP contribution < -0.4 is 0 Å². The van der Waals surface area contributed by atoms with Gasteiger partial charge in [-0.3, -0.25) is 9.59 Å². The fraction of sp³-hybridized carbons (Fsp3) is 0.467. The number of benzene rings is 1. The van der Waals surface area contributed by atoms with Crippen LogP contribution in [0.1, 0.15) is 25.0 Å². The summed E-state index contributed by atoms with van der Waals surface area (Å²) in [6, 6.07) is 1.14. The minimum absolute atomic E-state index is 0.181. The van der Waals surface area contributed by atoms with E-state index >= 15 is 0 Å². The first-order valence-electron chi connectivity index (χ1n) is 6.76. The van der Waals surface area contributed by atoms with Gasteiger partial charge in [0.2, 0.25) is 11.8 Å². The Morgan fingerprint density at radius 1 is 1.10 bits per heavy atom. The maximum absolute atomic E-state index is 14.1. The molecule has 4 nitrogen and oxygen atoms in total. The molecule has 1 aromatic carbocycles. The van der Waals surface area contributed by atoms with Crippen molar-refractivity contribution in [3.63, 3.8) is 0 Å². The van der Waals surface area contributed by atoms with E-state index in [2.05, 4.69) is 0 Å². The molecule has 1 fully saturated rings. The smallest absolute Gasteiger partial charge is 0.246 e. The number of carbonyl (C=O) groups is 2. The van der Waals surface area contributed by atoms with Gasteiger partial charge in [-0.25, -0.2) is 8.78 Å². The van der Waals surface area contributed by atoms with Crippen molar-refractivity contribution in [1.82, 2.24) is 9.80 Å². The third-order valence-corrected chi connectivity index (χ3v) is 4.10. The van der Waals surface area contributed by atoms with Gasteiger partial charge in [0.25, 0.3) is 0 Å². The first kappa shape index (κ1) is 15.4. The molecule has 114 valence electrons. The van der Waals surface area contributed by atoms with Crippen LogP contribution in [0.5, 0.6) is 0 Å². The molecule has 0 aliphatic carbocycles. The van der Waals surface area contributed by atoms with E-state index in [1.54, 1.807) is 20.9 Å². The lowest BCUT2D eigenvalue weighted by Crippen LogP contribution is -2.61. The predicted octanol–water partition coefficient (Wildman–Crippen LogP) is 1.85. The minimum atomic E-state index is -0.738. The number of amides is 2. The fourth-order valence-electron chi connectivity index (χ4n) is 2.46. The van der Waals surface area contributed by atoms with Crippen molar-refractivity contribution in [2.24, 2.45) is 0 Å². The number of halogens is 2. The normalized spacial score (nSPS) is 23.0. The maximum atomic E-state index is 14.1. The van der Waals surface area contributed by atoms with Gasteiger partial charge in [0.05, 0.1) is 6.54 Å². The molecule has 1 heterocycles. The summed E-state index contributed by atoms with van der Waals surface area (Å²) in [5.41, 5.74) is 0.125. The SMILES string of the molecule is Cc1ccc(F)c(CN2C(=O)[C@H](C)N(C)C(=O)[C@@H]2C)c1F. The fourth-order valence-corrected chi connectivity index (χ4v) is 2.46. The van der Waals surface area contributed by atoms with E-state index < -0.39 is 23.7 Å². The monoisotopic (exact) mass is 296 g/mol. The zero-order valence-electron chi connectivity index (χ0n) is 12.5. The van der Waals surface area contributed by atoms with Gasteiger partial charge in [-0.2, -0.15) is 0 Å². The van der Waals surface area contributed by atoms with Crippen molar-refractivity contribution in [3.8, 4) is 0 Å². The summed E-state index contributed by atoms with van der Waals surface area (Å²) in [6.07, 6.45) is 0. The van der Waals surface area contributed by atoms with E-state index in [0.29, 0.717) is 5.56 Å². The quantitative estimate of drug-likeness (QED) is 0.835. The van der Waals surface area contributed by atoms with Gasteiger partial charge in [0, 0.05) is 12.6 Å². The largest absolute Gasteiger partial charge is 0.332 e. The van der Waals surface area contributed by atoms with E-state index in [1.807, 2.05) is 0 Å². The maximum Gasteiger partial charge on any atom is 0.246 e. The number of rotatable bonds is 2. The Balaban J connectivity index is 2.37. The van der Waals surface area contributed by atoms with E-state index in [1.165, 1.54) is 28.9 Å². The molecule has 1 aliphatic rings. The Bertz CT molecular complexity index is 604. The summed E-state index contributed by atoms with van der Waals surface area (Å²) in [6.45, 7) is 4.45. The molecule has 0 radical (unpaired) electrons. The van der Waals surface area contributed by atoms with Crippen LogP contribution in [0.3, 0.4) is 0 Å². The van der Waals surface area contributed by atoms with E-state index in [4.69, 9.17) is 0 Å². The zero-order chi connectivity index (χ0) is 15.9. The highest BCUT2D eigenvalue weighted by molar-refractivity contribution is 5.96. The van der Waals surface area contributed by atoms with Crippen molar-refractivity contribution >= 4 is 11.8 Å². The minimum Gasteiger partial charge on any atom is -0.332 e. The Hall–Kier alpha value is -1.98. The van der Waals surface area contributed by atoms with Crippen LogP contribution >= 0.6 is 0 Å². The molecule has 0 bridgehead atoms. The number of piperazine rings is 1. The van der Waals surface area contributed by atoms with Crippen molar-refractivity contribution in [2.75, 3.05) is 7.05 Å². The number of hydrogen-bond donors (Lipinski definition) is 0. The summed E-state index contributed by atoms with van der Waals surface area (Å²) in [5, 5.41) is 0. The lowest BCUT2D eigenvalue weighted by atomic mass is 10.0. The van der Waals surface area contributed by atoms with Gasteiger partial charge in [-0.15, -0.1) is 0 Å². The van der Waals surface area contributed by atoms with Gasteiger partial charge in [0.15, 0.2) is 0 Å². The molecule has 1 saturated heterocycles. The van der Waals surface area contributed by atoms with Crippen LogP contribution in [0.25, 0.3) is 0 Å². The zero-order valence-corrected chi connectivity index (χ0v) is 12.5. The molecular formula is C15H18F2N2O2. The van der Waals surface area contributed by atoms with Gasteiger partial charge in [-0.1, -0.05) is 6.07 Å². The summed E-state index contributed by atoms with van der Waals surface area (Å²) >= 11 is 0. The molecule has 6 heteroatoms. The average Bonchev–Trinajstić information content (AvgIpc) is 2.46. The Labute approximate surface area is 122 Å². The molecule has 2 amide bonds. The Kier molecular flexibility index (Phi) is 3.98. The number of carbonyl (C=O) groups excluding carboxylic acids is 2. The van der Waals surface area contributed by atoms with Gasteiger partial charge < -0.3 is 9.80 Å². The third kappa shape index (κ3) is 2.50. The molecule has 0 N–H and O–H groups in total. The number of likely N-dealkylation sites (N-methyl/N-ethyl adjacent to an activating group) is 1. The highest BCUT2D eigenvalue weighted by Crippen LogP contribution is 2.23. The second-order valence-corrected chi connectivity index (χ2v) is 5.42. The standard InChI is InChI=1S/C15H18F2N2O2/c1-8-5-6-12(16)11(13(8)17)7-19-10(3)14(20)18(4)9(2)15(19)21/h5-6,9-10H,7H2,1-4H3/t9-,10-/m0/s1. The van der Waals surface area contributed by atoms with Crippen LogP contribution in [-0.2, 0) is 16.1 Å². The van der Waals surface area contributed by atoms with Crippen molar-refractivity contribution < 1.29 is 18.4 Å². The van der Waals surface area contributed by atoms with Crippen molar-refractivity contribution in [3.05, 3.63) is 34.9 Å². The Morgan fingerprint density at radius 3 is 2.33 bits per heavy atom. The lowest BCUT2D eigenvalue weighted by Gasteiger charge is -2.41. The summed E-state index contributed by atoms with van der Waals surface area (Å²) in [5.74, 6) is -1.94. The lowest BCUT2D eigenvalue weighted by molar-refractivity contribution is -0.159. The molecule has 0 saturated carbocycles. The van der Waals surface area contributed by atoms with Gasteiger partial charge in [-0.05, 0) is 32.4 Å². The van der Waals surface area contributed by atoms with Crippen LogP contribution in [0.4, 0.5) is 8.78 Å². The molecule has 0 unspecified atom stereocenters. The predicted molar refractivity (Wildman–Crippen MR) is 73.3 cm³/mol. The number of hydrogen-bond acceptors (Lipinski definition) is 2. The number of aryl methyl sites for hydroxylation is 1. The van der Waals surface area contributed by atoms with Crippen molar-refractivity contribution in [2.45, 2.75) is 39.4 Å². The average molecular weight is 296 g/mol.